The third-order valence-corrected chi connectivity index (χ3v) is 5.77. The van der Waals surface area contributed by atoms with Crippen LogP contribution in [0, 0.1) is 6.92 Å². The lowest BCUT2D eigenvalue weighted by molar-refractivity contribution is 0.188. The fraction of sp³-hybridized carbons (Fsp3) is 0.600. The molecule has 0 radical (unpaired) electrons. The topological polar surface area (TPSA) is 49.9 Å². The van der Waals surface area contributed by atoms with Crippen LogP contribution in [0.1, 0.15) is 18.9 Å². The van der Waals surface area contributed by atoms with Crippen LogP contribution in [-0.2, 0) is 10.0 Å². The summed E-state index contributed by atoms with van der Waals surface area (Å²) in [5, 5.41) is 0. The van der Waals surface area contributed by atoms with E-state index in [2.05, 4.69) is 11.8 Å². The minimum atomic E-state index is -3.40. The fourth-order valence-electron chi connectivity index (χ4n) is 2.67. The first-order valence-electron chi connectivity index (χ1n) is 7.36. The van der Waals surface area contributed by atoms with Crippen molar-refractivity contribution in [2.45, 2.75) is 25.2 Å². The van der Waals surface area contributed by atoms with Gasteiger partial charge >= 0.3 is 0 Å². The number of hydrogen-bond donors (Lipinski definition) is 0. The molecule has 21 heavy (non-hydrogen) atoms. The highest BCUT2D eigenvalue weighted by Crippen LogP contribution is 2.24. The summed E-state index contributed by atoms with van der Waals surface area (Å²) in [6.07, 6.45) is 1.10. The van der Waals surface area contributed by atoms with Gasteiger partial charge in [-0.3, -0.25) is 0 Å². The van der Waals surface area contributed by atoms with E-state index in [4.69, 9.17) is 4.74 Å². The lowest BCUT2D eigenvalue weighted by Crippen LogP contribution is -2.48. The molecular weight excluding hydrogens is 288 g/mol. The molecule has 1 aliphatic heterocycles. The van der Waals surface area contributed by atoms with Crippen LogP contribution in [0.4, 0.5) is 0 Å². The molecule has 0 unspecified atom stereocenters. The van der Waals surface area contributed by atoms with Crippen molar-refractivity contribution in [2.75, 3.05) is 39.8 Å². The first-order valence-corrected chi connectivity index (χ1v) is 8.80. The minimum absolute atomic E-state index is 0.352. The maximum Gasteiger partial charge on any atom is 0.243 e. The number of rotatable bonds is 5. The van der Waals surface area contributed by atoms with E-state index in [1.807, 2.05) is 6.92 Å². The average molecular weight is 312 g/mol. The zero-order valence-corrected chi connectivity index (χ0v) is 13.8. The first kappa shape index (κ1) is 16.3. The summed E-state index contributed by atoms with van der Waals surface area (Å²) < 4.78 is 32.1. The molecule has 5 nitrogen and oxygen atoms in total. The maximum atomic E-state index is 12.7. The van der Waals surface area contributed by atoms with Gasteiger partial charge in [0.15, 0.2) is 0 Å². The Balaban J connectivity index is 2.14. The Morgan fingerprint density at radius 1 is 1.19 bits per heavy atom. The summed E-state index contributed by atoms with van der Waals surface area (Å²) in [7, 11) is -1.81. The van der Waals surface area contributed by atoms with Crippen LogP contribution in [-0.4, -0.2) is 57.5 Å². The summed E-state index contributed by atoms with van der Waals surface area (Å²) in [6.45, 7) is 7.78. The Bertz CT molecular complexity index is 579. The highest BCUT2D eigenvalue weighted by molar-refractivity contribution is 7.89. The second-order valence-electron chi connectivity index (χ2n) is 5.38. The van der Waals surface area contributed by atoms with Crippen LogP contribution in [0.5, 0.6) is 5.75 Å². The Morgan fingerprint density at radius 2 is 1.86 bits per heavy atom. The van der Waals surface area contributed by atoms with Gasteiger partial charge in [0.05, 0.1) is 12.0 Å². The number of benzene rings is 1. The standard InChI is InChI=1S/C15H24N2O3S/c1-4-7-16-8-10-17(11-9-16)21(18,19)14-5-6-15(20-3)13(2)12-14/h5-6,12H,4,7-11H2,1-3H3. The van der Waals surface area contributed by atoms with Gasteiger partial charge in [0, 0.05) is 26.2 Å². The fourth-order valence-corrected chi connectivity index (χ4v) is 4.18. The molecule has 1 fully saturated rings. The van der Waals surface area contributed by atoms with E-state index in [9.17, 15) is 8.42 Å². The normalized spacial score (nSPS) is 17.9. The lowest BCUT2D eigenvalue weighted by atomic mass is 10.2. The number of methoxy groups -OCH3 is 1. The van der Waals surface area contributed by atoms with Gasteiger partial charge in [-0.2, -0.15) is 4.31 Å². The SMILES string of the molecule is CCCN1CCN(S(=O)(=O)c2ccc(OC)c(C)c2)CC1. The van der Waals surface area contributed by atoms with E-state index >= 15 is 0 Å². The largest absolute Gasteiger partial charge is 0.496 e. The predicted octanol–water partition coefficient (Wildman–Crippen LogP) is 1.72. The number of sulfonamides is 1. The summed E-state index contributed by atoms with van der Waals surface area (Å²) >= 11 is 0. The highest BCUT2D eigenvalue weighted by atomic mass is 32.2. The monoisotopic (exact) mass is 312 g/mol. The molecule has 0 saturated carbocycles. The van der Waals surface area contributed by atoms with Crippen molar-refractivity contribution in [3.05, 3.63) is 23.8 Å². The van der Waals surface area contributed by atoms with Gasteiger partial charge in [-0.05, 0) is 43.7 Å². The van der Waals surface area contributed by atoms with Crippen LogP contribution in [0.3, 0.4) is 0 Å². The minimum Gasteiger partial charge on any atom is -0.496 e. The van der Waals surface area contributed by atoms with Crippen molar-refractivity contribution in [3.63, 3.8) is 0 Å². The Morgan fingerprint density at radius 3 is 2.38 bits per heavy atom. The van der Waals surface area contributed by atoms with Gasteiger partial charge in [0.25, 0.3) is 0 Å². The Labute approximate surface area is 127 Å². The maximum absolute atomic E-state index is 12.7. The van der Waals surface area contributed by atoms with Crippen molar-refractivity contribution in [1.29, 1.82) is 0 Å². The number of piperazine rings is 1. The third kappa shape index (κ3) is 3.56. The van der Waals surface area contributed by atoms with E-state index in [1.54, 1.807) is 29.6 Å². The van der Waals surface area contributed by atoms with E-state index in [1.165, 1.54) is 0 Å². The molecule has 0 aliphatic carbocycles. The second kappa shape index (κ2) is 6.77. The molecule has 1 heterocycles. The molecular formula is C15H24N2O3S. The third-order valence-electron chi connectivity index (χ3n) is 3.88. The zero-order chi connectivity index (χ0) is 15.5. The van der Waals surface area contributed by atoms with Crippen molar-refractivity contribution < 1.29 is 13.2 Å². The smallest absolute Gasteiger partial charge is 0.243 e. The number of nitrogens with zero attached hydrogens (tertiary/aromatic N) is 2. The molecule has 1 aliphatic rings. The quantitative estimate of drug-likeness (QED) is 0.831. The molecule has 2 rings (SSSR count). The van der Waals surface area contributed by atoms with Crippen molar-refractivity contribution in [3.8, 4) is 5.75 Å². The molecule has 0 aromatic heterocycles. The van der Waals surface area contributed by atoms with Crippen molar-refractivity contribution in [2.24, 2.45) is 0 Å². The van der Waals surface area contributed by atoms with E-state index in [0.29, 0.717) is 23.7 Å². The van der Waals surface area contributed by atoms with Gasteiger partial charge in [-0.15, -0.1) is 0 Å². The molecule has 0 bridgehead atoms. The van der Waals surface area contributed by atoms with Crippen LogP contribution in [0.15, 0.2) is 23.1 Å². The summed E-state index contributed by atoms with van der Waals surface area (Å²) in [4.78, 5) is 2.66. The molecule has 1 aromatic rings. The van der Waals surface area contributed by atoms with E-state index in [0.717, 1.165) is 31.6 Å². The Hall–Kier alpha value is -1.11. The van der Waals surface area contributed by atoms with Gasteiger partial charge in [-0.25, -0.2) is 8.42 Å². The molecule has 0 N–H and O–H groups in total. The van der Waals surface area contributed by atoms with Crippen LogP contribution in [0.2, 0.25) is 0 Å². The number of aryl methyl sites for hydroxylation is 1. The van der Waals surface area contributed by atoms with Crippen LogP contribution >= 0.6 is 0 Å². The summed E-state index contributed by atoms with van der Waals surface area (Å²) in [6, 6.07) is 5.03. The van der Waals surface area contributed by atoms with Gasteiger partial charge in [-0.1, -0.05) is 6.92 Å². The van der Waals surface area contributed by atoms with Crippen molar-refractivity contribution >= 4 is 10.0 Å². The van der Waals surface area contributed by atoms with Gasteiger partial charge in [0.2, 0.25) is 10.0 Å². The molecule has 1 saturated heterocycles. The first-order chi connectivity index (χ1) is 9.98. The highest BCUT2D eigenvalue weighted by Gasteiger charge is 2.28. The summed E-state index contributed by atoms with van der Waals surface area (Å²) in [5.74, 6) is 0.710. The van der Waals surface area contributed by atoms with E-state index < -0.39 is 10.0 Å². The Kier molecular flexibility index (Phi) is 5.24. The van der Waals surface area contributed by atoms with Crippen LogP contribution in [0.25, 0.3) is 0 Å². The van der Waals surface area contributed by atoms with Crippen molar-refractivity contribution in [1.82, 2.24) is 9.21 Å². The number of hydrogen-bond acceptors (Lipinski definition) is 4. The average Bonchev–Trinajstić information content (AvgIpc) is 2.48. The zero-order valence-electron chi connectivity index (χ0n) is 13.0. The number of ether oxygens (including phenoxy) is 1. The lowest BCUT2D eigenvalue weighted by Gasteiger charge is -2.33. The summed E-state index contributed by atoms with van der Waals surface area (Å²) in [5.41, 5.74) is 0.836. The van der Waals surface area contributed by atoms with Crippen LogP contribution < -0.4 is 4.74 Å². The van der Waals surface area contributed by atoms with Gasteiger partial charge < -0.3 is 9.64 Å². The molecule has 0 amide bonds. The van der Waals surface area contributed by atoms with E-state index in [-0.39, 0.29) is 0 Å². The van der Waals surface area contributed by atoms with Gasteiger partial charge in [0.1, 0.15) is 5.75 Å². The molecule has 0 atom stereocenters. The second-order valence-corrected chi connectivity index (χ2v) is 7.32. The molecule has 118 valence electrons. The molecule has 0 spiro atoms. The predicted molar refractivity (Wildman–Crippen MR) is 83.2 cm³/mol. The molecule has 1 aromatic carbocycles. The molecule has 6 heteroatoms.